The Balaban J connectivity index is 3.05. The summed E-state index contributed by atoms with van der Waals surface area (Å²) < 4.78 is 0. The lowest BCUT2D eigenvalue weighted by Crippen LogP contribution is -1.97. The first-order valence-electron chi connectivity index (χ1n) is 2.74. The van der Waals surface area contributed by atoms with E-state index in [1.807, 2.05) is 0 Å². The van der Waals surface area contributed by atoms with Crippen molar-refractivity contribution >= 4 is 17.5 Å². The normalized spacial score (nSPS) is 10.0. The Labute approximate surface area is 54.8 Å². The molecular weight excluding hydrogens is 120 g/mol. The summed E-state index contributed by atoms with van der Waals surface area (Å²) in [4.78, 5) is 10.3. The molecule has 0 aromatic carbocycles. The molecule has 0 heterocycles. The molecule has 48 valence electrons. The van der Waals surface area contributed by atoms with Gasteiger partial charge in [-0.3, -0.25) is 4.79 Å². The first-order valence-corrected chi connectivity index (χ1v) is 3.79. The maximum Gasteiger partial charge on any atom is 0.139 e. The quantitative estimate of drug-likeness (QED) is 0.581. The summed E-state index contributed by atoms with van der Waals surface area (Å²) in [5.41, 5.74) is 0. The SMILES string of the molecule is CC(=O)CSC(C)C. The summed E-state index contributed by atoms with van der Waals surface area (Å²) in [6.07, 6.45) is 0. The minimum absolute atomic E-state index is 0.267. The topological polar surface area (TPSA) is 17.1 Å². The number of Topliss-reactive ketones (excluding diaryl/α,β-unsaturated/α-hetero) is 1. The Morgan fingerprint density at radius 3 is 2.25 bits per heavy atom. The number of ketones is 1. The number of thioether (sulfide) groups is 1. The maximum absolute atomic E-state index is 10.3. The van der Waals surface area contributed by atoms with Gasteiger partial charge in [-0.15, -0.1) is 0 Å². The summed E-state index contributed by atoms with van der Waals surface area (Å²) in [7, 11) is 0. The van der Waals surface area contributed by atoms with Gasteiger partial charge in [0, 0.05) is 0 Å². The molecule has 0 saturated carbocycles. The van der Waals surface area contributed by atoms with Crippen molar-refractivity contribution in [2.24, 2.45) is 0 Å². The molecule has 0 amide bonds. The Hall–Kier alpha value is 0.0200. The lowest BCUT2D eigenvalue weighted by molar-refractivity contribution is -0.114. The summed E-state index contributed by atoms with van der Waals surface area (Å²) in [6.45, 7) is 5.80. The van der Waals surface area contributed by atoms with Crippen molar-refractivity contribution in [1.82, 2.24) is 0 Å². The zero-order chi connectivity index (χ0) is 6.57. The van der Waals surface area contributed by atoms with Gasteiger partial charge >= 0.3 is 0 Å². The highest BCUT2D eigenvalue weighted by atomic mass is 32.2. The number of hydrogen-bond donors (Lipinski definition) is 0. The second kappa shape index (κ2) is 3.96. The predicted octanol–water partition coefficient (Wildman–Crippen LogP) is 1.72. The van der Waals surface area contributed by atoms with Crippen LogP contribution in [0.4, 0.5) is 0 Å². The molecule has 0 aliphatic carbocycles. The fourth-order valence-corrected chi connectivity index (χ4v) is 0.852. The highest BCUT2D eigenvalue weighted by Crippen LogP contribution is 2.07. The number of rotatable bonds is 3. The minimum Gasteiger partial charge on any atom is -0.299 e. The van der Waals surface area contributed by atoms with Crippen LogP contribution in [0.15, 0.2) is 0 Å². The van der Waals surface area contributed by atoms with Crippen LogP contribution in [-0.4, -0.2) is 16.8 Å². The molecule has 0 aliphatic rings. The average molecular weight is 132 g/mol. The van der Waals surface area contributed by atoms with E-state index in [1.54, 1.807) is 18.7 Å². The summed E-state index contributed by atoms with van der Waals surface area (Å²) in [5, 5.41) is 0.582. The fraction of sp³-hybridized carbons (Fsp3) is 0.833. The van der Waals surface area contributed by atoms with Crippen LogP contribution < -0.4 is 0 Å². The standard InChI is InChI=1S/C6H12OS/c1-5(2)8-4-6(3)7/h5H,4H2,1-3H3. The Kier molecular flexibility index (Phi) is 3.97. The van der Waals surface area contributed by atoms with Crippen molar-refractivity contribution in [3.8, 4) is 0 Å². The first kappa shape index (κ1) is 8.02. The molecule has 0 unspecified atom stereocenters. The van der Waals surface area contributed by atoms with Crippen molar-refractivity contribution in [3.63, 3.8) is 0 Å². The van der Waals surface area contributed by atoms with Crippen LogP contribution in [0.1, 0.15) is 20.8 Å². The third kappa shape index (κ3) is 6.02. The molecule has 0 spiro atoms. The van der Waals surface area contributed by atoms with Crippen LogP contribution >= 0.6 is 11.8 Å². The van der Waals surface area contributed by atoms with Crippen molar-refractivity contribution < 1.29 is 4.79 Å². The molecule has 8 heavy (non-hydrogen) atoms. The number of carbonyl (C=O) groups excluding carboxylic acids is 1. The molecule has 2 heteroatoms. The maximum atomic E-state index is 10.3. The van der Waals surface area contributed by atoms with E-state index in [0.29, 0.717) is 11.0 Å². The van der Waals surface area contributed by atoms with E-state index in [0.717, 1.165) is 0 Å². The lowest BCUT2D eigenvalue weighted by Gasteiger charge is -1.98. The third-order valence-corrected chi connectivity index (χ3v) is 1.86. The molecule has 0 bridgehead atoms. The Bertz CT molecular complexity index is 78.6. The minimum atomic E-state index is 0.267. The van der Waals surface area contributed by atoms with Crippen LogP contribution in [0.3, 0.4) is 0 Å². The van der Waals surface area contributed by atoms with Gasteiger partial charge in [0.05, 0.1) is 5.75 Å². The zero-order valence-electron chi connectivity index (χ0n) is 5.60. The molecule has 0 atom stereocenters. The van der Waals surface area contributed by atoms with E-state index in [9.17, 15) is 4.79 Å². The van der Waals surface area contributed by atoms with E-state index >= 15 is 0 Å². The summed E-state index contributed by atoms with van der Waals surface area (Å²) in [5.74, 6) is 0.932. The van der Waals surface area contributed by atoms with Crippen molar-refractivity contribution in [1.29, 1.82) is 0 Å². The van der Waals surface area contributed by atoms with Crippen molar-refractivity contribution in [2.45, 2.75) is 26.0 Å². The molecule has 0 radical (unpaired) electrons. The number of hydrogen-bond acceptors (Lipinski definition) is 2. The molecule has 0 rings (SSSR count). The Morgan fingerprint density at radius 1 is 1.62 bits per heavy atom. The van der Waals surface area contributed by atoms with Crippen LogP contribution in [0, 0.1) is 0 Å². The molecule has 0 aromatic rings. The molecule has 0 aliphatic heterocycles. The fourth-order valence-electron chi connectivity index (χ4n) is 0.284. The van der Waals surface area contributed by atoms with E-state index in [1.165, 1.54) is 0 Å². The smallest absolute Gasteiger partial charge is 0.139 e. The van der Waals surface area contributed by atoms with Gasteiger partial charge in [0.2, 0.25) is 0 Å². The predicted molar refractivity (Wildman–Crippen MR) is 38.3 cm³/mol. The van der Waals surface area contributed by atoms with Gasteiger partial charge in [-0.2, -0.15) is 11.8 Å². The average Bonchev–Trinajstić information content (AvgIpc) is 1.61. The van der Waals surface area contributed by atoms with E-state index < -0.39 is 0 Å². The van der Waals surface area contributed by atoms with Gasteiger partial charge in [0.1, 0.15) is 5.78 Å². The van der Waals surface area contributed by atoms with Crippen LogP contribution in [0.25, 0.3) is 0 Å². The number of carbonyl (C=O) groups is 1. The van der Waals surface area contributed by atoms with Crippen LogP contribution in [0.2, 0.25) is 0 Å². The molecule has 0 fully saturated rings. The first-order chi connectivity index (χ1) is 3.63. The van der Waals surface area contributed by atoms with Gasteiger partial charge in [0.25, 0.3) is 0 Å². The van der Waals surface area contributed by atoms with Gasteiger partial charge < -0.3 is 0 Å². The summed E-state index contributed by atoms with van der Waals surface area (Å²) >= 11 is 1.69. The second-order valence-corrected chi connectivity index (χ2v) is 3.63. The third-order valence-electron chi connectivity index (χ3n) is 0.620. The van der Waals surface area contributed by atoms with E-state index in [4.69, 9.17) is 0 Å². The van der Waals surface area contributed by atoms with Gasteiger partial charge in [-0.1, -0.05) is 13.8 Å². The molecule has 0 N–H and O–H groups in total. The second-order valence-electron chi connectivity index (χ2n) is 2.06. The molecular formula is C6H12OS. The molecule has 0 saturated heterocycles. The van der Waals surface area contributed by atoms with E-state index in [2.05, 4.69) is 13.8 Å². The Morgan fingerprint density at radius 2 is 2.12 bits per heavy atom. The highest BCUT2D eigenvalue weighted by molar-refractivity contribution is 8.00. The largest absolute Gasteiger partial charge is 0.299 e. The van der Waals surface area contributed by atoms with Crippen LogP contribution in [0.5, 0.6) is 0 Å². The van der Waals surface area contributed by atoms with Crippen molar-refractivity contribution in [3.05, 3.63) is 0 Å². The van der Waals surface area contributed by atoms with Crippen molar-refractivity contribution in [2.75, 3.05) is 5.75 Å². The summed E-state index contributed by atoms with van der Waals surface area (Å²) in [6, 6.07) is 0. The zero-order valence-corrected chi connectivity index (χ0v) is 6.42. The molecule has 1 nitrogen and oxygen atoms in total. The molecule has 0 aromatic heterocycles. The monoisotopic (exact) mass is 132 g/mol. The van der Waals surface area contributed by atoms with Gasteiger partial charge in [0.15, 0.2) is 0 Å². The highest BCUT2D eigenvalue weighted by Gasteiger charge is 1.95. The van der Waals surface area contributed by atoms with Gasteiger partial charge in [-0.05, 0) is 12.2 Å². The van der Waals surface area contributed by atoms with E-state index in [-0.39, 0.29) is 5.78 Å². The lowest BCUT2D eigenvalue weighted by atomic mass is 10.5. The van der Waals surface area contributed by atoms with Crippen LogP contribution in [-0.2, 0) is 4.79 Å². The van der Waals surface area contributed by atoms with Gasteiger partial charge in [-0.25, -0.2) is 0 Å².